The number of hydrogen-bond acceptors (Lipinski definition) is 3. The molecule has 0 spiro atoms. The number of aromatic hydroxyl groups is 1. The molecule has 0 aromatic heterocycles. The third kappa shape index (κ3) is 7.49. The van der Waals surface area contributed by atoms with E-state index in [1.54, 1.807) is 0 Å². The topological polar surface area (TPSA) is 94.8 Å². The van der Waals surface area contributed by atoms with Gasteiger partial charge in [0.1, 0.15) is 5.75 Å². The number of carboxylic acids is 2. The second-order valence-electron chi connectivity index (χ2n) is 7.95. The molecule has 0 aliphatic rings. The first-order valence-electron chi connectivity index (χ1n) is 7.94. The smallest absolute Gasteiger partial charge is 0.303 e. The van der Waals surface area contributed by atoms with Crippen molar-refractivity contribution in [3.8, 4) is 5.75 Å². The number of aliphatic carboxylic acids is 2. The van der Waals surface area contributed by atoms with Gasteiger partial charge in [0.2, 0.25) is 0 Å². The number of hydrogen-bond donors (Lipinski definition) is 3. The molecule has 0 atom stereocenters. The van der Waals surface area contributed by atoms with Crippen LogP contribution in [0.1, 0.15) is 71.6 Å². The quantitative estimate of drug-likeness (QED) is 0.771. The Morgan fingerprint density at radius 1 is 0.917 bits per heavy atom. The van der Waals surface area contributed by atoms with Gasteiger partial charge in [0.05, 0.1) is 0 Å². The van der Waals surface area contributed by atoms with Gasteiger partial charge in [-0.3, -0.25) is 9.59 Å². The minimum Gasteiger partial charge on any atom is -0.507 e. The lowest BCUT2D eigenvalue weighted by Crippen LogP contribution is -2.18. The highest BCUT2D eigenvalue weighted by atomic mass is 16.4. The van der Waals surface area contributed by atoms with Crippen molar-refractivity contribution in [2.45, 2.75) is 72.1 Å². The zero-order valence-corrected chi connectivity index (χ0v) is 15.7. The van der Waals surface area contributed by atoms with E-state index in [2.05, 4.69) is 41.5 Å². The molecule has 0 unspecified atom stereocenters. The Morgan fingerprint density at radius 3 is 1.50 bits per heavy atom. The summed E-state index contributed by atoms with van der Waals surface area (Å²) in [6, 6.07) is 3.88. The molecule has 5 heteroatoms. The molecule has 5 nitrogen and oxygen atoms in total. The zero-order valence-electron chi connectivity index (χ0n) is 15.7. The number of aryl methyl sites for hydroxylation is 1. The van der Waals surface area contributed by atoms with Crippen LogP contribution in [0.25, 0.3) is 0 Å². The Morgan fingerprint density at radius 2 is 1.25 bits per heavy atom. The minimum absolute atomic E-state index is 0.109. The van der Waals surface area contributed by atoms with Gasteiger partial charge < -0.3 is 15.3 Å². The van der Waals surface area contributed by atoms with Crippen LogP contribution in [0, 0.1) is 0 Å². The van der Waals surface area contributed by atoms with E-state index < -0.39 is 11.9 Å². The van der Waals surface area contributed by atoms with Gasteiger partial charge >= 0.3 is 5.97 Å². The maximum atomic E-state index is 10.8. The molecular weight excluding hydrogens is 308 g/mol. The number of rotatable bonds is 3. The van der Waals surface area contributed by atoms with Crippen LogP contribution < -0.4 is 0 Å². The number of phenolic OH excluding ortho intramolecular Hbond substituents is 1. The van der Waals surface area contributed by atoms with Crippen molar-refractivity contribution in [1.29, 1.82) is 0 Å². The Bertz CT molecular complexity index is 550. The Balaban J connectivity index is 0.00000118. The van der Waals surface area contributed by atoms with Crippen molar-refractivity contribution in [1.82, 2.24) is 0 Å². The lowest BCUT2D eigenvalue weighted by Gasteiger charge is -2.28. The molecule has 0 fully saturated rings. The molecule has 3 N–H and O–H groups in total. The Labute approximate surface area is 144 Å². The lowest BCUT2D eigenvalue weighted by molar-refractivity contribution is -0.137. The Hall–Kier alpha value is -2.04. The molecule has 0 heterocycles. The van der Waals surface area contributed by atoms with E-state index in [4.69, 9.17) is 15.0 Å². The fraction of sp³-hybridized carbons (Fsp3) is 0.579. The monoisotopic (exact) mass is 338 g/mol. The highest BCUT2D eigenvalue weighted by Crippen LogP contribution is 2.39. The molecule has 1 aromatic carbocycles. The standard InChI is InChI=1S/C17H26O3.C2H4O2/c1-16(2,3)12-9-11(7-8-14(18)19)10-13(15(12)20)17(4,5)6;1-2(3)4/h9-10,20H,7-8H2,1-6H3,(H,18,19);1H3,(H,3,4). The molecule has 1 rings (SSSR count). The summed E-state index contributed by atoms with van der Waals surface area (Å²) < 4.78 is 0. The summed E-state index contributed by atoms with van der Waals surface area (Å²) in [5.41, 5.74) is 2.38. The predicted octanol–water partition coefficient (Wildman–Crippen LogP) is 4.10. The van der Waals surface area contributed by atoms with Gasteiger partial charge in [0.15, 0.2) is 0 Å². The first-order chi connectivity index (χ1) is 10.7. The zero-order chi connectivity index (χ0) is 19.3. The molecular formula is C19H30O5. The molecule has 0 saturated carbocycles. The summed E-state index contributed by atoms with van der Waals surface area (Å²) in [5.74, 6) is -1.29. The van der Waals surface area contributed by atoms with Crippen LogP contribution in [0.3, 0.4) is 0 Å². The SMILES string of the molecule is CC(=O)O.CC(C)(C)c1cc(CCC(=O)O)cc(C(C)(C)C)c1O. The van der Waals surface area contributed by atoms with Gasteiger partial charge in [-0.25, -0.2) is 0 Å². The van der Waals surface area contributed by atoms with Crippen LogP contribution in [0.15, 0.2) is 12.1 Å². The number of benzene rings is 1. The molecule has 24 heavy (non-hydrogen) atoms. The highest BCUT2D eigenvalue weighted by Gasteiger charge is 2.26. The molecule has 0 aliphatic heterocycles. The highest BCUT2D eigenvalue weighted by molar-refractivity contribution is 5.67. The van der Waals surface area contributed by atoms with E-state index in [9.17, 15) is 9.90 Å². The van der Waals surface area contributed by atoms with Crippen LogP contribution in [-0.2, 0) is 26.8 Å². The van der Waals surface area contributed by atoms with E-state index >= 15 is 0 Å². The number of carboxylic acid groups (broad SMARTS) is 2. The van der Waals surface area contributed by atoms with Crippen molar-refractivity contribution in [3.05, 3.63) is 28.8 Å². The van der Waals surface area contributed by atoms with Gasteiger partial charge in [0, 0.05) is 13.3 Å². The summed E-state index contributed by atoms with van der Waals surface area (Å²) in [4.78, 5) is 19.8. The fourth-order valence-corrected chi connectivity index (χ4v) is 2.23. The third-order valence-corrected chi connectivity index (χ3v) is 3.41. The molecule has 0 aliphatic carbocycles. The van der Waals surface area contributed by atoms with Gasteiger partial charge in [-0.1, -0.05) is 53.7 Å². The third-order valence-electron chi connectivity index (χ3n) is 3.41. The van der Waals surface area contributed by atoms with Gasteiger partial charge in [-0.2, -0.15) is 0 Å². The first-order valence-corrected chi connectivity index (χ1v) is 7.94. The summed E-state index contributed by atoms with van der Waals surface area (Å²) in [6.45, 7) is 13.4. The minimum atomic E-state index is -0.833. The average Bonchev–Trinajstić information content (AvgIpc) is 2.33. The van der Waals surface area contributed by atoms with E-state index in [1.807, 2.05) is 12.1 Å². The fourth-order valence-electron chi connectivity index (χ4n) is 2.23. The van der Waals surface area contributed by atoms with Crippen molar-refractivity contribution in [3.63, 3.8) is 0 Å². The van der Waals surface area contributed by atoms with Gasteiger partial charge in [0.25, 0.3) is 5.97 Å². The van der Waals surface area contributed by atoms with Crippen LogP contribution in [0.5, 0.6) is 5.75 Å². The predicted molar refractivity (Wildman–Crippen MR) is 94.8 cm³/mol. The van der Waals surface area contributed by atoms with Crippen LogP contribution in [-0.4, -0.2) is 27.3 Å². The van der Waals surface area contributed by atoms with Crippen LogP contribution >= 0.6 is 0 Å². The first kappa shape index (κ1) is 22.0. The lowest BCUT2D eigenvalue weighted by atomic mass is 9.78. The number of phenols is 1. The van der Waals surface area contributed by atoms with E-state index in [1.165, 1.54) is 0 Å². The molecule has 1 aromatic rings. The maximum absolute atomic E-state index is 10.8. The van der Waals surface area contributed by atoms with Crippen molar-refractivity contribution in [2.75, 3.05) is 0 Å². The van der Waals surface area contributed by atoms with E-state index in [0.717, 1.165) is 23.6 Å². The normalized spacial score (nSPS) is 11.5. The summed E-state index contributed by atoms with van der Waals surface area (Å²) >= 11 is 0. The molecule has 136 valence electrons. The molecule has 0 bridgehead atoms. The number of carbonyl (C=O) groups is 2. The van der Waals surface area contributed by atoms with Gasteiger partial charge in [-0.15, -0.1) is 0 Å². The maximum Gasteiger partial charge on any atom is 0.303 e. The molecule has 0 radical (unpaired) electrons. The van der Waals surface area contributed by atoms with Crippen molar-refractivity contribution in [2.24, 2.45) is 0 Å². The van der Waals surface area contributed by atoms with Gasteiger partial charge in [-0.05, 0) is 33.9 Å². The largest absolute Gasteiger partial charge is 0.507 e. The van der Waals surface area contributed by atoms with Crippen molar-refractivity contribution < 1.29 is 24.9 Å². The average molecular weight is 338 g/mol. The summed E-state index contributed by atoms with van der Waals surface area (Å²) in [6.07, 6.45) is 0.597. The van der Waals surface area contributed by atoms with E-state index in [0.29, 0.717) is 12.2 Å². The Kier molecular flexibility index (Phi) is 7.48. The van der Waals surface area contributed by atoms with Crippen LogP contribution in [0.2, 0.25) is 0 Å². The molecule has 0 saturated heterocycles. The second kappa shape index (κ2) is 8.18. The summed E-state index contributed by atoms with van der Waals surface area (Å²) in [5, 5.41) is 26.8. The second-order valence-corrected chi connectivity index (χ2v) is 7.95. The molecule has 0 amide bonds. The summed E-state index contributed by atoms with van der Waals surface area (Å²) in [7, 11) is 0. The van der Waals surface area contributed by atoms with Crippen molar-refractivity contribution >= 4 is 11.9 Å². The van der Waals surface area contributed by atoms with E-state index in [-0.39, 0.29) is 17.3 Å². The van der Waals surface area contributed by atoms with Crippen LogP contribution in [0.4, 0.5) is 0 Å².